The number of aliphatic hydroxyl groups is 1. The molecule has 3 heterocycles. The molecule has 1 aliphatic heterocycles. The second kappa shape index (κ2) is 8.96. The second-order valence-electron chi connectivity index (χ2n) is 10.9. The van der Waals surface area contributed by atoms with Crippen molar-refractivity contribution in [1.82, 2.24) is 24.4 Å². The zero-order valence-electron chi connectivity index (χ0n) is 21.1. The summed E-state index contributed by atoms with van der Waals surface area (Å²) in [4.78, 5) is 34.4. The fourth-order valence-electron chi connectivity index (χ4n) is 4.89. The summed E-state index contributed by atoms with van der Waals surface area (Å²) < 4.78 is 15.1. The molecule has 2 amide bonds. The van der Waals surface area contributed by atoms with Crippen LogP contribution in [0.15, 0.2) is 36.5 Å². The average Bonchev–Trinajstić information content (AvgIpc) is 3.59. The van der Waals surface area contributed by atoms with Gasteiger partial charge >= 0.3 is 0 Å². The highest BCUT2D eigenvalue weighted by Crippen LogP contribution is 2.42. The van der Waals surface area contributed by atoms with Gasteiger partial charge in [-0.25, -0.2) is 13.9 Å². The zero-order valence-corrected chi connectivity index (χ0v) is 21.1. The third-order valence-electron chi connectivity index (χ3n) is 7.17. The lowest BCUT2D eigenvalue weighted by Gasteiger charge is -2.47. The van der Waals surface area contributed by atoms with Crippen molar-refractivity contribution in [2.24, 2.45) is 5.92 Å². The summed E-state index contributed by atoms with van der Waals surface area (Å²) in [5.74, 6) is -0.623. The molecule has 190 valence electrons. The number of nitrogens with zero attached hydrogens (tertiary/aromatic N) is 5. The van der Waals surface area contributed by atoms with E-state index < -0.39 is 11.6 Å². The van der Waals surface area contributed by atoms with E-state index in [0.717, 1.165) is 24.0 Å². The number of aliphatic hydroxyl groups excluding tert-OH is 1. The molecule has 0 radical (unpaired) electrons. The largest absolute Gasteiger partial charge is 0.383 e. The smallest absolute Gasteiger partial charge is 0.274 e. The molecule has 36 heavy (non-hydrogen) atoms. The van der Waals surface area contributed by atoms with Gasteiger partial charge in [0, 0.05) is 30.8 Å². The SMILES string of the molecule is CC(C)C(O)C(=O)N1CCN(C(=O)c2cn3nc(-c4ccc(F)cc4)cc(C4CC4)c3n2)C(C)(C)C1. The molecule has 2 aliphatic rings. The first-order valence-electron chi connectivity index (χ1n) is 12.5. The van der Waals surface area contributed by atoms with Crippen LogP contribution < -0.4 is 0 Å². The Bertz CT molecular complexity index is 1310. The van der Waals surface area contributed by atoms with Crippen LogP contribution in [0.3, 0.4) is 0 Å². The van der Waals surface area contributed by atoms with Gasteiger partial charge in [0.15, 0.2) is 5.65 Å². The van der Waals surface area contributed by atoms with Gasteiger partial charge in [-0.3, -0.25) is 9.59 Å². The number of hydrogen-bond acceptors (Lipinski definition) is 5. The second-order valence-corrected chi connectivity index (χ2v) is 10.9. The Balaban J connectivity index is 1.43. The lowest BCUT2D eigenvalue weighted by atomic mass is 9.96. The van der Waals surface area contributed by atoms with Gasteiger partial charge in [0.1, 0.15) is 17.6 Å². The molecular weight excluding hydrogens is 461 g/mol. The average molecular weight is 494 g/mol. The Labute approximate surface area is 209 Å². The Morgan fingerprint density at radius 3 is 2.44 bits per heavy atom. The van der Waals surface area contributed by atoms with Gasteiger partial charge in [-0.05, 0) is 68.9 Å². The quantitative estimate of drug-likeness (QED) is 0.588. The molecule has 0 spiro atoms. The minimum absolute atomic E-state index is 0.175. The van der Waals surface area contributed by atoms with Crippen LogP contribution in [-0.2, 0) is 4.79 Å². The van der Waals surface area contributed by atoms with Crippen molar-refractivity contribution in [3.05, 3.63) is 53.6 Å². The van der Waals surface area contributed by atoms with E-state index in [9.17, 15) is 19.1 Å². The summed E-state index contributed by atoms with van der Waals surface area (Å²) in [5.41, 5.74) is 2.88. The lowest BCUT2D eigenvalue weighted by molar-refractivity contribution is -0.146. The van der Waals surface area contributed by atoms with Crippen LogP contribution in [0, 0.1) is 11.7 Å². The number of hydrogen-bond donors (Lipinski definition) is 1. The van der Waals surface area contributed by atoms with E-state index in [1.54, 1.807) is 32.6 Å². The minimum atomic E-state index is -1.05. The fraction of sp³-hybridized carbons (Fsp3) is 0.481. The number of carbonyl (C=O) groups is 2. The van der Waals surface area contributed by atoms with Gasteiger partial charge in [0.05, 0.1) is 17.4 Å². The Kier molecular flexibility index (Phi) is 6.06. The number of carbonyl (C=O) groups excluding carboxylic acids is 2. The number of aromatic nitrogens is 3. The summed E-state index contributed by atoms with van der Waals surface area (Å²) in [6.45, 7) is 8.48. The van der Waals surface area contributed by atoms with Gasteiger partial charge in [0.25, 0.3) is 11.8 Å². The number of piperazine rings is 1. The first-order valence-corrected chi connectivity index (χ1v) is 12.5. The van der Waals surface area contributed by atoms with Crippen LogP contribution in [0.1, 0.15) is 62.5 Å². The summed E-state index contributed by atoms with van der Waals surface area (Å²) >= 11 is 0. The lowest BCUT2D eigenvalue weighted by Crippen LogP contribution is -2.63. The van der Waals surface area contributed by atoms with E-state index in [2.05, 4.69) is 5.10 Å². The monoisotopic (exact) mass is 493 g/mol. The van der Waals surface area contributed by atoms with Crippen LogP contribution in [0.25, 0.3) is 16.9 Å². The molecule has 8 nitrogen and oxygen atoms in total. The van der Waals surface area contributed by atoms with Crippen LogP contribution in [0.5, 0.6) is 0 Å². The van der Waals surface area contributed by atoms with E-state index in [1.807, 2.05) is 33.8 Å². The summed E-state index contributed by atoms with van der Waals surface area (Å²) in [6.07, 6.45) is 2.73. The highest BCUT2D eigenvalue weighted by atomic mass is 19.1. The maximum Gasteiger partial charge on any atom is 0.274 e. The third-order valence-corrected chi connectivity index (χ3v) is 7.17. The molecule has 2 aromatic heterocycles. The van der Waals surface area contributed by atoms with Crippen molar-refractivity contribution in [1.29, 1.82) is 0 Å². The van der Waals surface area contributed by atoms with Gasteiger partial charge in [0.2, 0.25) is 0 Å². The summed E-state index contributed by atoms with van der Waals surface area (Å²) in [5, 5.41) is 14.9. The zero-order chi connectivity index (χ0) is 25.8. The van der Waals surface area contributed by atoms with E-state index in [1.165, 1.54) is 12.1 Å². The normalized spacial score (nSPS) is 18.6. The molecule has 1 N–H and O–H groups in total. The topological polar surface area (TPSA) is 91.0 Å². The molecule has 3 aromatic rings. The van der Waals surface area contributed by atoms with Gasteiger partial charge in [-0.2, -0.15) is 5.10 Å². The molecule has 1 aliphatic carbocycles. The predicted molar refractivity (Wildman–Crippen MR) is 133 cm³/mol. The molecule has 5 rings (SSSR count). The molecule has 1 unspecified atom stereocenters. The number of amides is 2. The van der Waals surface area contributed by atoms with Gasteiger partial charge < -0.3 is 14.9 Å². The number of benzene rings is 1. The molecular formula is C27H32FN5O3. The number of rotatable bonds is 5. The third kappa shape index (κ3) is 4.48. The van der Waals surface area contributed by atoms with Crippen molar-refractivity contribution in [3.63, 3.8) is 0 Å². The van der Waals surface area contributed by atoms with Crippen molar-refractivity contribution in [2.75, 3.05) is 19.6 Å². The molecule has 2 fully saturated rings. The highest BCUT2D eigenvalue weighted by molar-refractivity contribution is 5.94. The maximum atomic E-state index is 13.6. The standard InChI is InChI=1S/C27H32FN5O3/c1-16(2)23(34)26(36)31-11-12-32(27(3,4)15-31)25(35)22-14-33-24(29-22)20(17-5-6-17)13-21(30-33)18-7-9-19(28)10-8-18/h7-10,13-14,16-17,23,34H,5-6,11-12,15H2,1-4H3. The fourth-order valence-corrected chi connectivity index (χ4v) is 4.89. The molecule has 0 bridgehead atoms. The van der Waals surface area contributed by atoms with Gasteiger partial charge in [-0.15, -0.1) is 0 Å². The minimum Gasteiger partial charge on any atom is -0.383 e. The Morgan fingerprint density at radius 1 is 1.14 bits per heavy atom. The molecule has 9 heteroatoms. The molecule has 1 atom stereocenters. The van der Waals surface area contributed by atoms with Crippen LogP contribution in [0.4, 0.5) is 4.39 Å². The van der Waals surface area contributed by atoms with Gasteiger partial charge in [-0.1, -0.05) is 13.8 Å². The summed E-state index contributed by atoms with van der Waals surface area (Å²) in [7, 11) is 0. The Hall–Kier alpha value is -3.33. The maximum absolute atomic E-state index is 13.6. The highest BCUT2D eigenvalue weighted by Gasteiger charge is 2.41. The first-order chi connectivity index (χ1) is 17.0. The molecule has 1 aromatic carbocycles. The number of halogens is 1. The van der Waals surface area contributed by atoms with Crippen LogP contribution in [0.2, 0.25) is 0 Å². The van der Waals surface area contributed by atoms with Crippen molar-refractivity contribution in [3.8, 4) is 11.3 Å². The van der Waals surface area contributed by atoms with Crippen LogP contribution in [-0.4, -0.2) is 72.6 Å². The number of imidazole rings is 1. The van der Waals surface area contributed by atoms with E-state index in [4.69, 9.17) is 4.98 Å². The Morgan fingerprint density at radius 2 is 1.83 bits per heavy atom. The van der Waals surface area contributed by atoms with E-state index in [-0.39, 0.29) is 23.5 Å². The first kappa shape index (κ1) is 24.4. The van der Waals surface area contributed by atoms with E-state index >= 15 is 0 Å². The van der Waals surface area contributed by atoms with Crippen LogP contribution >= 0.6 is 0 Å². The van der Waals surface area contributed by atoms with Crippen molar-refractivity contribution < 1.29 is 19.1 Å². The number of fused-ring (bicyclic) bond motifs is 1. The summed E-state index contributed by atoms with van der Waals surface area (Å²) in [6, 6.07) is 8.21. The predicted octanol–water partition coefficient (Wildman–Crippen LogP) is 3.49. The molecule has 1 saturated heterocycles. The van der Waals surface area contributed by atoms with Crippen molar-refractivity contribution in [2.45, 2.75) is 58.1 Å². The van der Waals surface area contributed by atoms with Crippen molar-refractivity contribution >= 4 is 17.5 Å². The molecule has 1 saturated carbocycles. The van der Waals surface area contributed by atoms with E-state index in [0.29, 0.717) is 42.6 Å².